The predicted molar refractivity (Wildman–Crippen MR) is 93.8 cm³/mol. The van der Waals surface area contributed by atoms with E-state index < -0.39 is 39.3 Å². The van der Waals surface area contributed by atoms with Crippen molar-refractivity contribution in [2.75, 3.05) is 7.11 Å². The summed E-state index contributed by atoms with van der Waals surface area (Å²) in [5, 5.41) is 9.06. The first-order chi connectivity index (χ1) is 11.9. The second kappa shape index (κ2) is 8.02. The van der Waals surface area contributed by atoms with Crippen LogP contribution in [0.1, 0.15) is 27.7 Å². The Kier molecular flexibility index (Phi) is 6.75. The van der Waals surface area contributed by atoms with E-state index in [1.807, 2.05) is 0 Å². The number of hydrogen-bond donors (Lipinski definition) is 3. The number of primary amides is 1. The molecule has 0 aliphatic heterocycles. The SMILES string of the molecule is COc1ccc(S(=O)(=O)N(C(C(=O)NO)C(C)C)C(C)(C)C(N)=O)cc1. The van der Waals surface area contributed by atoms with Gasteiger partial charge in [-0.05, 0) is 44.0 Å². The van der Waals surface area contributed by atoms with Crippen molar-refractivity contribution >= 4 is 21.8 Å². The van der Waals surface area contributed by atoms with Crippen molar-refractivity contribution in [3.63, 3.8) is 0 Å². The molecule has 0 fully saturated rings. The number of methoxy groups -OCH3 is 1. The van der Waals surface area contributed by atoms with Gasteiger partial charge in [-0.1, -0.05) is 13.8 Å². The van der Waals surface area contributed by atoms with Crippen LogP contribution >= 0.6 is 0 Å². The molecule has 0 radical (unpaired) electrons. The van der Waals surface area contributed by atoms with E-state index in [0.717, 1.165) is 4.31 Å². The van der Waals surface area contributed by atoms with Crippen LogP contribution in [0, 0.1) is 5.92 Å². The van der Waals surface area contributed by atoms with E-state index in [-0.39, 0.29) is 4.90 Å². The molecule has 2 amide bonds. The number of nitrogens with two attached hydrogens (primary N) is 1. The van der Waals surface area contributed by atoms with Crippen molar-refractivity contribution in [3.8, 4) is 5.75 Å². The first kappa shape index (κ1) is 21.9. The molecular weight excluding hydrogens is 362 g/mol. The Morgan fingerprint density at radius 2 is 1.73 bits per heavy atom. The highest BCUT2D eigenvalue weighted by atomic mass is 32.2. The van der Waals surface area contributed by atoms with Crippen molar-refractivity contribution < 1.29 is 28.0 Å². The lowest BCUT2D eigenvalue weighted by Crippen LogP contribution is -2.63. The number of nitrogens with one attached hydrogen (secondary N) is 1. The number of rotatable bonds is 8. The van der Waals surface area contributed by atoms with E-state index in [4.69, 9.17) is 15.7 Å². The number of nitrogens with zero attached hydrogens (tertiary/aromatic N) is 1. The molecule has 1 unspecified atom stereocenters. The molecule has 26 heavy (non-hydrogen) atoms. The maximum Gasteiger partial charge on any atom is 0.262 e. The second-order valence-electron chi connectivity index (χ2n) is 6.56. The van der Waals surface area contributed by atoms with Crippen LogP contribution in [0.2, 0.25) is 0 Å². The van der Waals surface area contributed by atoms with Gasteiger partial charge >= 0.3 is 0 Å². The summed E-state index contributed by atoms with van der Waals surface area (Å²) in [7, 11) is -2.89. The van der Waals surface area contributed by atoms with Crippen LogP contribution < -0.4 is 16.0 Å². The van der Waals surface area contributed by atoms with Gasteiger partial charge in [-0.25, -0.2) is 13.9 Å². The highest BCUT2D eigenvalue weighted by Crippen LogP contribution is 2.31. The van der Waals surface area contributed by atoms with Crippen LogP contribution in [-0.4, -0.2) is 48.4 Å². The summed E-state index contributed by atoms with van der Waals surface area (Å²) in [4.78, 5) is 24.0. The highest BCUT2D eigenvalue weighted by Gasteiger charge is 2.49. The van der Waals surface area contributed by atoms with E-state index in [1.165, 1.54) is 50.7 Å². The molecule has 4 N–H and O–H groups in total. The molecule has 0 aliphatic carbocycles. The number of carbonyl (C=O) groups is 2. The lowest BCUT2D eigenvalue weighted by atomic mass is 9.97. The Bertz CT molecular complexity index is 759. The molecule has 146 valence electrons. The third kappa shape index (κ3) is 4.14. The number of sulfonamides is 1. The molecule has 0 heterocycles. The van der Waals surface area contributed by atoms with Gasteiger partial charge in [-0.2, -0.15) is 4.31 Å². The molecule has 0 saturated heterocycles. The average molecular weight is 387 g/mol. The molecule has 1 aromatic carbocycles. The van der Waals surface area contributed by atoms with E-state index >= 15 is 0 Å². The fourth-order valence-electron chi connectivity index (χ4n) is 2.51. The Morgan fingerprint density at radius 3 is 2.08 bits per heavy atom. The molecule has 0 aliphatic rings. The van der Waals surface area contributed by atoms with Gasteiger partial charge in [0.25, 0.3) is 5.91 Å². The summed E-state index contributed by atoms with van der Waals surface area (Å²) in [5.74, 6) is -2.02. The molecule has 0 spiro atoms. The molecule has 0 saturated carbocycles. The van der Waals surface area contributed by atoms with Crippen molar-refractivity contribution in [1.29, 1.82) is 0 Å². The van der Waals surface area contributed by atoms with Gasteiger partial charge < -0.3 is 10.5 Å². The Hall–Kier alpha value is -2.17. The van der Waals surface area contributed by atoms with Gasteiger partial charge in [0, 0.05) is 0 Å². The topological polar surface area (TPSA) is 139 Å². The third-order valence-corrected chi connectivity index (χ3v) is 6.10. The Balaban J connectivity index is 3.66. The van der Waals surface area contributed by atoms with Crippen molar-refractivity contribution in [2.45, 2.75) is 44.2 Å². The molecule has 0 aromatic heterocycles. The standard InChI is InChI=1S/C16H25N3O6S/c1-10(2)13(14(20)18-22)19(16(3,4)15(17)21)26(23,24)12-8-6-11(25-5)7-9-12/h6-10,13,22H,1-5H3,(H2,17,21)(H,18,20). The van der Waals surface area contributed by atoms with Crippen LogP contribution in [0.5, 0.6) is 5.75 Å². The van der Waals surface area contributed by atoms with E-state index in [1.54, 1.807) is 13.8 Å². The largest absolute Gasteiger partial charge is 0.497 e. The number of hydrogen-bond acceptors (Lipinski definition) is 6. The normalized spacial score (nSPS) is 13.5. The molecule has 1 atom stereocenters. The maximum absolute atomic E-state index is 13.3. The number of benzene rings is 1. The quantitative estimate of drug-likeness (QED) is 0.438. The number of ether oxygens (including phenoxy) is 1. The van der Waals surface area contributed by atoms with E-state index in [0.29, 0.717) is 5.75 Å². The fourth-order valence-corrected chi connectivity index (χ4v) is 4.55. The third-order valence-electron chi connectivity index (χ3n) is 4.03. The number of hydroxylamine groups is 1. The summed E-state index contributed by atoms with van der Waals surface area (Å²) >= 11 is 0. The smallest absolute Gasteiger partial charge is 0.262 e. The zero-order chi connectivity index (χ0) is 20.3. The molecule has 9 nitrogen and oxygen atoms in total. The highest BCUT2D eigenvalue weighted by molar-refractivity contribution is 7.89. The van der Waals surface area contributed by atoms with Crippen LogP contribution in [0.25, 0.3) is 0 Å². The molecule has 1 aromatic rings. The Labute approximate surface area is 153 Å². The second-order valence-corrected chi connectivity index (χ2v) is 8.38. The minimum absolute atomic E-state index is 0.149. The van der Waals surface area contributed by atoms with Gasteiger partial charge in [-0.3, -0.25) is 14.8 Å². The minimum Gasteiger partial charge on any atom is -0.497 e. The Morgan fingerprint density at radius 1 is 1.23 bits per heavy atom. The zero-order valence-electron chi connectivity index (χ0n) is 15.4. The molecule has 0 bridgehead atoms. The van der Waals surface area contributed by atoms with E-state index in [2.05, 4.69) is 0 Å². The van der Waals surface area contributed by atoms with Crippen LogP contribution in [0.15, 0.2) is 29.2 Å². The summed E-state index contributed by atoms with van der Waals surface area (Å²) in [6.45, 7) is 5.79. The minimum atomic E-state index is -4.32. The summed E-state index contributed by atoms with van der Waals surface area (Å²) < 4.78 is 32.3. The average Bonchev–Trinajstić information content (AvgIpc) is 2.57. The summed E-state index contributed by atoms with van der Waals surface area (Å²) in [5.41, 5.74) is 5.14. The molecule has 10 heteroatoms. The molecular formula is C16H25N3O6S. The lowest BCUT2D eigenvalue weighted by molar-refractivity contribution is -0.138. The summed E-state index contributed by atoms with van der Waals surface area (Å²) in [6, 6.07) is 4.12. The first-order valence-electron chi connectivity index (χ1n) is 7.83. The van der Waals surface area contributed by atoms with Crippen LogP contribution in [0.3, 0.4) is 0 Å². The number of amides is 2. The predicted octanol–water partition coefficient (Wildman–Crippen LogP) is 0.480. The zero-order valence-corrected chi connectivity index (χ0v) is 16.2. The first-order valence-corrected chi connectivity index (χ1v) is 9.27. The number of carbonyl (C=O) groups excluding carboxylic acids is 2. The summed E-state index contributed by atoms with van der Waals surface area (Å²) in [6.07, 6.45) is 0. The molecule has 1 rings (SSSR count). The monoisotopic (exact) mass is 387 g/mol. The van der Waals surface area contributed by atoms with Crippen molar-refractivity contribution in [1.82, 2.24) is 9.79 Å². The van der Waals surface area contributed by atoms with Crippen molar-refractivity contribution in [3.05, 3.63) is 24.3 Å². The van der Waals surface area contributed by atoms with Gasteiger partial charge in [0.1, 0.15) is 17.3 Å². The van der Waals surface area contributed by atoms with Gasteiger partial charge in [0.15, 0.2) is 0 Å². The lowest BCUT2D eigenvalue weighted by Gasteiger charge is -2.40. The van der Waals surface area contributed by atoms with E-state index in [9.17, 15) is 18.0 Å². The maximum atomic E-state index is 13.3. The van der Waals surface area contributed by atoms with Gasteiger partial charge in [0.2, 0.25) is 15.9 Å². The van der Waals surface area contributed by atoms with Crippen LogP contribution in [0.4, 0.5) is 0 Å². The van der Waals surface area contributed by atoms with Crippen molar-refractivity contribution in [2.24, 2.45) is 11.7 Å². The fraction of sp³-hybridized carbons (Fsp3) is 0.500. The van der Waals surface area contributed by atoms with Gasteiger partial charge in [-0.15, -0.1) is 0 Å². The van der Waals surface area contributed by atoms with Gasteiger partial charge in [0.05, 0.1) is 12.0 Å². The van der Waals surface area contributed by atoms with Crippen LogP contribution in [-0.2, 0) is 19.6 Å².